The molecule has 0 spiro atoms. The summed E-state index contributed by atoms with van der Waals surface area (Å²) in [6.45, 7) is 6.80. The summed E-state index contributed by atoms with van der Waals surface area (Å²) < 4.78 is 7.07. The van der Waals surface area contributed by atoms with Gasteiger partial charge < -0.3 is 14.2 Å². The molecule has 166 valence electrons. The summed E-state index contributed by atoms with van der Waals surface area (Å²) in [6.07, 6.45) is 3.19. The Hall–Kier alpha value is -3.18. The van der Waals surface area contributed by atoms with Gasteiger partial charge in [0, 0.05) is 43.9 Å². The number of Topliss-reactive ketones (excluding diaryl/α,β-unsaturated/α-hetero) is 1. The van der Waals surface area contributed by atoms with Crippen LogP contribution in [0.3, 0.4) is 0 Å². The van der Waals surface area contributed by atoms with Crippen LogP contribution in [-0.2, 0) is 24.6 Å². The van der Waals surface area contributed by atoms with Crippen LogP contribution in [0, 0.1) is 6.92 Å². The fourth-order valence-corrected chi connectivity index (χ4v) is 4.23. The van der Waals surface area contributed by atoms with Gasteiger partial charge in [0.05, 0.1) is 13.2 Å². The van der Waals surface area contributed by atoms with Crippen LogP contribution in [0.4, 0.5) is 5.69 Å². The molecule has 0 N–H and O–H groups in total. The molecule has 0 bridgehead atoms. The van der Waals surface area contributed by atoms with Crippen molar-refractivity contribution in [3.63, 3.8) is 0 Å². The number of carbonyl (C=O) groups excluding carboxylic acids is 1. The van der Waals surface area contributed by atoms with Gasteiger partial charge in [0.15, 0.2) is 5.78 Å². The third-order valence-corrected chi connectivity index (χ3v) is 6.15. The number of benzene rings is 2. The molecule has 0 amide bonds. The predicted octanol–water partition coefficient (Wildman–Crippen LogP) is 4.19. The molecule has 0 radical (unpaired) electrons. The quantitative estimate of drug-likeness (QED) is 0.551. The van der Waals surface area contributed by atoms with Crippen molar-refractivity contribution in [1.82, 2.24) is 4.57 Å². The minimum atomic E-state index is -0.0173. The summed E-state index contributed by atoms with van der Waals surface area (Å²) in [5.41, 5.74) is 6.61. The van der Waals surface area contributed by atoms with Crippen molar-refractivity contribution in [3.05, 3.63) is 87.3 Å². The number of aryl methyl sites for hydroxylation is 3. The van der Waals surface area contributed by atoms with E-state index in [1.807, 2.05) is 49.5 Å². The first-order valence-electron chi connectivity index (χ1n) is 11.2. The van der Waals surface area contributed by atoms with Gasteiger partial charge in [-0.1, -0.05) is 43.3 Å². The number of morpholine rings is 1. The Morgan fingerprint density at radius 2 is 1.78 bits per heavy atom. The van der Waals surface area contributed by atoms with Crippen LogP contribution < -0.4 is 10.5 Å². The topological polar surface area (TPSA) is 51.5 Å². The molecule has 2 heterocycles. The summed E-state index contributed by atoms with van der Waals surface area (Å²) in [6, 6.07) is 16.0. The van der Waals surface area contributed by atoms with E-state index in [0.717, 1.165) is 28.7 Å². The Labute approximate surface area is 189 Å². The number of hydrogen-bond acceptors (Lipinski definition) is 4. The smallest absolute Gasteiger partial charge is 0.273 e. The van der Waals surface area contributed by atoms with Crippen molar-refractivity contribution in [1.29, 1.82) is 0 Å². The number of anilines is 1. The monoisotopic (exact) mass is 430 g/mol. The van der Waals surface area contributed by atoms with E-state index in [1.165, 1.54) is 5.56 Å². The van der Waals surface area contributed by atoms with Crippen LogP contribution in [0.15, 0.2) is 59.5 Å². The number of hydrogen-bond donors (Lipinski definition) is 0. The van der Waals surface area contributed by atoms with E-state index in [9.17, 15) is 9.59 Å². The normalized spacial score (nSPS) is 13.9. The van der Waals surface area contributed by atoms with Crippen molar-refractivity contribution in [3.8, 4) is 11.1 Å². The van der Waals surface area contributed by atoms with Gasteiger partial charge in [0.1, 0.15) is 5.69 Å². The number of carbonyl (C=O) groups is 1. The fourth-order valence-electron chi connectivity index (χ4n) is 4.23. The van der Waals surface area contributed by atoms with Crippen LogP contribution >= 0.6 is 0 Å². The second-order valence-electron chi connectivity index (χ2n) is 8.43. The van der Waals surface area contributed by atoms with Crippen molar-refractivity contribution in [2.75, 3.05) is 31.2 Å². The molecule has 32 heavy (non-hydrogen) atoms. The highest BCUT2D eigenvalue weighted by Crippen LogP contribution is 2.27. The number of ketones is 1. The number of rotatable bonds is 6. The van der Waals surface area contributed by atoms with E-state index < -0.39 is 0 Å². The number of aromatic nitrogens is 1. The van der Waals surface area contributed by atoms with Gasteiger partial charge in [-0.05, 0) is 47.7 Å². The van der Waals surface area contributed by atoms with Crippen LogP contribution in [0.2, 0.25) is 0 Å². The number of nitrogens with zero attached hydrogens (tertiary/aromatic N) is 2. The minimum Gasteiger partial charge on any atom is -0.378 e. The maximum Gasteiger partial charge on any atom is 0.273 e. The molecular formula is C27H30N2O3. The molecular weight excluding hydrogens is 400 g/mol. The van der Waals surface area contributed by atoms with E-state index in [4.69, 9.17) is 4.74 Å². The molecule has 0 unspecified atom stereocenters. The Bertz CT molecular complexity index is 1190. The summed E-state index contributed by atoms with van der Waals surface area (Å²) in [5, 5.41) is 0. The largest absolute Gasteiger partial charge is 0.378 e. The summed E-state index contributed by atoms with van der Waals surface area (Å²) in [4.78, 5) is 27.9. The van der Waals surface area contributed by atoms with E-state index in [2.05, 4.69) is 24.0 Å². The Balaban J connectivity index is 1.67. The van der Waals surface area contributed by atoms with Crippen LogP contribution in [0.1, 0.15) is 34.0 Å². The maximum absolute atomic E-state index is 13.1. The second kappa shape index (κ2) is 9.53. The first kappa shape index (κ1) is 22.0. The molecule has 5 nitrogen and oxygen atoms in total. The third kappa shape index (κ3) is 4.68. The van der Waals surface area contributed by atoms with Crippen molar-refractivity contribution < 1.29 is 9.53 Å². The number of pyridine rings is 1. The summed E-state index contributed by atoms with van der Waals surface area (Å²) in [7, 11) is 1.78. The zero-order valence-corrected chi connectivity index (χ0v) is 19.1. The molecule has 2 aromatic carbocycles. The van der Waals surface area contributed by atoms with Crippen molar-refractivity contribution in [2.45, 2.75) is 26.7 Å². The van der Waals surface area contributed by atoms with Gasteiger partial charge in [-0.15, -0.1) is 0 Å². The second-order valence-corrected chi connectivity index (χ2v) is 8.43. The van der Waals surface area contributed by atoms with Gasteiger partial charge in [-0.25, -0.2) is 0 Å². The molecule has 0 aliphatic carbocycles. The van der Waals surface area contributed by atoms with Crippen molar-refractivity contribution in [2.24, 2.45) is 7.05 Å². The molecule has 1 aromatic heterocycles. The Morgan fingerprint density at radius 3 is 2.53 bits per heavy atom. The minimum absolute atomic E-state index is 0.0173. The zero-order chi connectivity index (χ0) is 22.7. The lowest BCUT2D eigenvalue weighted by Crippen LogP contribution is -2.40. The van der Waals surface area contributed by atoms with Crippen LogP contribution in [0.25, 0.3) is 11.1 Å². The molecule has 1 aliphatic heterocycles. The molecule has 5 heteroatoms. The molecule has 1 fully saturated rings. The highest BCUT2D eigenvalue weighted by Gasteiger charge is 2.18. The van der Waals surface area contributed by atoms with Gasteiger partial charge in [-0.2, -0.15) is 0 Å². The SMILES string of the molecule is CCc1cccc(CC(=O)c2ccc(C)c(-c3cc(N4CCOCC4)c(=O)n(C)c3)c2)c1. The summed E-state index contributed by atoms with van der Waals surface area (Å²) in [5.74, 6) is 0.0951. The van der Waals surface area contributed by atoms with E-state index in [0.29, 0.717) is 44.0 Å². The highest BCUT2D eigenvalue weighted by molar-refractivity contribution is 5.98. The zero-order valence-electron chi connectivity index (χ0n) is 19.1. The molecule has 3 aromatic rings. The lowest BCUT2D eigenvalue weighted by atomic mass is 9.95. The van der Waals surface area contributed by atoms with Crippen LogP contribution in [-0.4, -0.2) is 36.7 Å². The third-order valence-electron chi connectivity index (χ3n) is 6.15. The van der Waals surface area contributed by atoms with Gasteiger partial charge in [-0.3, -0.25) is 9.59 Å². The highest BCUT2D eigenvalue weighted by atomic mass is 16.5. The van der Waals surface area contributed by atoms with E-state index >= 15 is 0 Å². The number of ether oxygens (including phenoxy) is 1. The maximum atomic E-state index is 13.1. The lowest BCUT2D eigenvalue weighted by Gasteiger charge is -2.29. The average molecular weight is 431 g/mol. The van der Waals surface area contributed by atoms with E-state index in [1.54, 1.807) is 11.6 Å². The summed E-state index contributed by atoms with van der Waals surface area (Å²) >= 11 is 0. The lowest BCUT2D eigenvalue weighted by molar-refractivity contribution is 0.0993. The fraction of sp³-hybridized carbons (Fsp3) is 0.333. The molecule has 0 saturated carbocycles. The first-order valence-corrected chi connectivity index (χ1v) is 11.2. The predicted molar refractivity (Wildman–Crippen MR) is 129 cm³/mol. The standard InChI is InChI=1S/C27H30N2O3/c1-4-20-6-5-7-21(14-20)15-26(30)22-9-8-19(2)24(16-22)23-17-25(27(31)28(3)18-23)29-10-12-32-13-11-29/h5-9,14,16-18H,4,10-13,15H2,1-3H3. The van der Waals surface area contributed by atoms with Crippen molar-refractivity contribution >= 4 is 11.5 Å². The van der Waals surface area contributed by atoms with Gasteiger partial charge in [0.2, 0.25) is 0 Å². The van der Waals surface area contributed by atoms with Gasteiger partial charge >= 0.3 is 0 Å². The first-order chi connectivity index (χ1) is 15.5. The van der Waals surface area contributed by atoms with Gasteiger partial charge in [0.25, 0.3) is 5.56 Å². The molecule has 1 saturated heterocycles. The molecule has 1 aliphatic rings. The van der Waals surface area contributed by atoms with Crippen LogP contribution in [0.5, 0.6) is 0 Å². The van der Waals surface area contributed by atoms with E-state index in [-0.39, 0.29) is 11.3 Å². The Kier molecular flexibility index (Phi) is 6.56. The Morgan fingerprint density at radius 1 is 1.03 bits per heavy atom. The molecule has 0 atom stereocenters. The average Bonchev–Trinajstić information content (AvgIpc) is 2.81. The molecule has 4 rings (SSSR count).